The summed E-state index contributed by atoms with van der Waals surface area (Å²) in [5.74, 6) is 2.21. The molecule has 4 aromatic carbocycles. The third-order valence-electron chi connectivity index (χ3n) is 7.39. The summed E-state index contributed by atoms with van der Waals surface area (Å²) in [4.78, 5) is 16.4. The summed E-state index contributed by atoms with van der Waals surface area (Å²) in [6.07, 6.45) is 5.13. The minimum absolute atomic E-state index is 0.405. The summed E-state index contributed by atoms with van der Waals surface area (Å²) in [6, 6.07) is 33.4. The number of anilines is 4. The molecule has 0 unspecified atom stereocenters. The van der Waals surface area contributed by atoms with Crippen molar-refractivity contribution in [3.8, 4) is 0 Å². The Labute approximate surface area is 235 Å². The van der Waals surface area contributed by atoms with Crippen LogP contribution in [0.5, 0.6) is 0 Å². The minimum Gasteiger partial charge on any atom is -0.341 e. The van der Waals surface area contributed by atoms with Crippen LogP contribution in [0.1, 0.15) is 29.5 Å². The van der Waals surface area contributed by atoms with Gasteiger partial charge in [0.05, 0.1) is 6.21 Å². The van der Waals surface area contributed by atoms with Gasteiger partial charge in [0.1, 0.15) is 0 Å². The van der Waals surface area contributed by atoms with Crippen LogP contribution in [0.25, 0.3) is 10.8 Å². The van der Waals surface area contributed by atoms with E-state index in [0.717, 1.165) is 49.0 Å². The van der Waals surface area contributed by atoms with Crippen LogP contribution in [0.2, 0.25) is 0 Å². The SMILES string of the molecule is Cc1ccc(Nc2nc(N/N=C\c3cccc4ccccc34)nc(N3CCC(Cc4ccccc4)CC3)n2)cc1. The van der Waals surface area contributed by atoms with Gasteiger partial charge in [0, 0.05) is 24.3 Å². The summed E-state index contributed by atoms with van der Waals surface area (Å²) in [5, 5.41) is 10.2. The zero-order chi connectivity index (χ0) is 27.1. The Kier molecular flexibility index (Phi) is 7.62. The van der Waals surface area contributed by atoms with Crippen LogP contribution < -0.4 is 15.6 Å². The largest absolute Gasteiger partial charge is 0.341 e. The first-order chi connectivity index (χ1) is 19.7. The highest BCUT2D eigenvalue weighted by Gasteiger charge is 2.22. The number of rotatable bonds is 8. The van der Waals surface area contributed by atoms with Crippen LogP contribution in [0, 0.1) is 12.8 Å². The van der Waals surface area contributed by atoms with Crippen LogP contribution >= 0.6 is 0 Å². The topological polar surface area (TPSA) is 78.3 Å². The number of nitrogens with zero attached hydrogens (tertiary/aromatic N) is 5. The fourth-order valence-electron chi connectivity index (χ4n) is 5.19. The van der Waals surface area contributed by atoms with Crippen LogP contribution in [0.3, 0.4) is 0 Å². The molecule has 0 amide bonds. The van der Waals surface area contributed by atoms with Crippen LogP contribution in [-0.2, 0) is 6.42 Å². The van der Waals surface area contributed by atoms with Gasteiger partial charge >= 0.3 is 0 Å². The van der Waals surface area contributed by atoms with Crippen LogP contribution in [0.4, 0.5) is 23.5 Å². The van der Waals surface area contributed by atoms with Crippen molar-refractivity contribution in [2.45, 2.75) is 26.2 Å². The van der Waals surface area contributed by atoms with Gasteiger partial charge in [-0.3, -0.25) is 0 Å². The predicted molar refractivity (Wildman–Crippen MR) is 165 cm³/mol. The fraction of sp³-hybridized carbons (Fsp3) is 0.212. The van der Waals surface area contributed by atoms with E-state index in [-0.39, 0.29) is 0 Å². The average molecular weight is 528 g/mol. The van der Waals surface area contributed by atoms with Crippen molar-refractivity contribution in [1.82, 2.24) is 15.0 Å². The molecule has 1 aliphatic heterocycles. The molecule has 0 radical (unpaired) electrons. The first kappa shape index (κ1) is 25.5. The van der Waals surface area contributed by atoms with Gasteiger partial charge in [-0.25, -0.2) is 5.43 Å². The molecular formula is C33H33N7. The Morgan fingerprint density at radius 2 is 1.52 bits per heavy atom. The quantitative estimate of drug-likeness (QED) is 0.167. The van der Waals surface area contributed by atoms with Crippen molar-refractivity contribution in [2.75, 3.05) is 28.7 Å². The third-order valence-corrected chi connectivity index (χ3v) is 7.39. The molecule has 0 aliphatic carbocycles. The monoisotopic (exact) mass is 527 g/mol. The number of benzene rings is 4. The maximum Gasteiger partial charge on any atom is 0.250 e. The second-order valence-electron chi connectivity index (χ2n) is 10.3. The Morgan fingerprint density at radius 3 is 2.35 bits per heavy atom. The molecule has 7 heteroatoms. The summed E-state index contributed by atoms with van der Waals surface area (Å²) < 4.78 is 0. The summed E-state index contributed by atoms with van der Waals surface area (Å²) in [5.41, 5.74) is 7.61. The van der Waals surface area contributed by atoms with Crippen molar-refractivity contribution < 1.29 is 0 Å². The molecule has 0 atom stereocenters. The van der Waals surface area contributed by atoms with Gasteiger partial charge in [0.15, 0.2) is 0 Å². The number of nitrogens with one attached hydrogen (secondary N) is 2. The zero-order valence-electron chi connectivity index (χ0n) is 22.7. The lowest BCUT2D eigenvalue weighted by Gasteiger charge is -2.32. The molecule has 0 spiro atoms. The van der Waals surface area contributed by atoms with E-state index in [2.05, 4.69) is 99.4 Å². The lowest BCUT2D eigenvalue weighted by atomic mass is 9.90. The van der Waals surface area contributed by atoms with Gasteiger partial charge in [0.2, 0.25) is 17.8 Å². The highest BCUT2D eigenvalue weighted by Crippen LogP contribution is 2.26. The standard InChI is InChI=1S/C33H33N7/c1-24-14-16-29(17-15-24)35-31-36-32(39-34-23-28-12-7-11-27-10-5-6-13-30(27)28)38-33(37-31)40-20-18-26(19-21-40)22-25-8-3-2-4-9-25/h2-17,23,26H,18-22H2,1H3,(H2,35,36,37,38,39)/b34-23-. The number of aromatic nitrogens is 3. The fourth-order valence-corrected chi connectivity index (χ4v) is 5.19. The van der Waals surface area contributed by atoms with Crippen molar-refractivity contribution >= 4 is 40.5 Å². The van der Waals surface area contributed by atoms with Gasteiger partial charge in [-0.05, 0) is 60.6 Å². The van der Waals surface area contributed by atoms with E-state index >= 15 is 0 Å². The lowest BCUT2D eigenvalue weighted by Crippen LogP contribution is -2.35. The van der Waals surface area contributed by atoms with Gasteiger partial charge in [0.25, 0.3) is 0 Å². The Morgan fingerprint density at radius 1 is 0.800 bits per heavy atom. The van der Waals surface area contributed by atoms with E-state index < -0.39 is 0 Å². The molecular weight excluding hydrogens is 494 g/mol. The van der Waals surface area contributed by atoms with E-state index in [4.69, 9.17) is 9.97 Å². The summed E-state index contributed by atoms with van der Waals surface area (Å²) in [6.45, 7) is 3.89. The number of aryl methyl sites for hydroxylation is 1. The van der Waals surface area contributed by atoms with E-state index in [9.17, 15) is 0 Å². The molecule has 1 aromatic heterocycles. The average Bonchev–Trinajstić information content (AvgIpc) is 2.99. The van der Waals surface area contributed by atoms with Crippen molar-refractivity contribution in [3.05, 3.63) is 114 Å². The Hall–Kier alpha value is -4.78. The molecule has 40 heavy (non-hydrogen) atoms. The molecule has 2 N–H and O–H groups in total. The number of hydrogen-bond acceptors (Lipinski definition) is 7. The minimum atomic E-state index is 0.405. The van der Waals surface area contributed by atoms with Gasteiger partial charge in [-0.15, -0.1) is 0 Å². The van der Waals surface area contributed by atoms with E-state index in [1.54, 1.807) is 0 Å². The van der Waals surface area contributed by atoms with Gasteiger partial charge in [-0.2, -0.15) is 20.1 Å². The molecule has 6 rings (SSSR count). The molecule has 2 heterocycles. The van der Waals surface area contributed by atoms with E-state index in [1.165, 1.54) is 16.5 Å². The van der Waals surface area contributed by atoms with Crippen LogP contribution in [0.15, 0.2) is 102 Å². The van der Waals surface area contributed by atoms with E-state index in [1.807, 2.05) is 36.5 Å². The van der Waals surface area contributed by atoms with Gasteiger partial charge in [-0.1, -0.05) is 90.5 Å². The number of hydrogen-bond donors (Lipinski definition) is 2. The third kappa shape index (κ3) is 6.26. The molecule has 7 nitrogen and oxygen atoms in total. The highest BCUT2D eigenvalue weighted by molar-refractivity contribution is 5.99. The molecule has 1 fully saturated rings. The lowest BCUT2D eigenvalue weighted by molar-refractivity contribution is 0.400. The molecule has 5 aromatic rings. The predicted octanol–water partition coefficient (Wildman–Crippen LogP) is 6.98. The van der Waals surface area contributed by atoms with Crippen molar-refractivity contribution in [1.29, 1.82) is 0 Å². The molecule has 1 saturated heterocycles. The maximum absolute atomic E-state index is 4.79. The Balaban J connectivity index is 1.21. The molecule has 0 saturated carbocycles. The van der Waals surface area contributed by atoms with Crippen molar-refractivity contribution in [2.24, 2.45) is 11.0 Å². The molecule has 0 bridgehead atoms. The zero-order valence-corrected chi connectivity index (χ0v) is 22.7. The number of piperidine rings is 1. The molecule has 1 aliphatic rings. The van der Waals surface area contributed by atoms with E-state index in [0.29, 0.717) is 23.8 Å². The maximum atomic E-state index is 4.79. The smallest absolute Gasteiger partial charge is 0.250 e. The van der Waals surface area contributed by atoms with Crippen molar-refractivity contribution in [3.63, 3.8) is 0 Å². The second-order valence-corrected chi connectivity index (χ2v) is 10.3. The normalized spacial score (nSPS) is 14.1. The summed E-state index contributed by atoms with van der Waals surface area (Å²) in [7, 11) is 0. The van der Waals surface area contributed by atoms with Crippen LogP contribution in [-0.4, -0.2) is 34.3 Å². The first-order valence-corrected chi connectivity index (χ1v) is 13.8. The first-order valence-electron chi connectivity index (χ1n) is 13.8. The summed E-state index contributed by atoms with van der Waals surface area (Å²) >= 11 is 0. The number of fused-ring (bicyclic) bond motifs is 1. The number of hydrazone groups is 1. The van der Waals surface area contributed by atoms with Gasteiger partial charge < -0.3 is 10.2 Å². The highest BCUT2D eigenvalue weighted by atomic mass is 15.4. The second kappa shape index (κ2) is 11.9. The Bertz CT molecular complexity index is 1590. The molecule has 200 valence electrons.